The lowest BCUT2D eigenvalue weighted by molar-refractivity contribution is 0.284. The van der Waals surface area contributed by atoms with Gasteiger partial charge in [-0.2, -0.15) is 0 Å². The second-order valence-corrected chi connectivity index (χ2v) is 9.88. The van der Waals surface area contributed by atoms with Crippen molar-refractivity contribution < 1.29 is 16.8 Å². The Morgan fingerprint density at radius 3 is 2.17 bits per heavy atom. The summed E-state index contributed by atoms with van der Waals surface area (Å²) in [6.45, 7) is 0. The molecule has 1 heterocycles. The van der Waals surface area contributed by atoms with Crippen molar-refractivity contribution in [2.24, 2.45) is 0 Å². The molecule has 2 rings (SSSR count). The monoisotopic (exact) mass is 295 g/mol. The molecule has 2 fully saturated rings. The summed E-state index contributed by atoms with van der Waals surface area (Å²) in [6.07, 6.45) is 5.34. The zero-order chi connectivity index (χ0) is 13.4. The molecule has 1 atom stereocenters. The third-order valence-corrected chi connectivity index (χ3v) is 8.43. The van der Waals surface area contributed by atoms with Crippen molar-refractivity contribution in [2.45, 2.75) is 49.8 Å². The molecule has 7 heteroatoms. The van der Waals surface area contributed by atoms with Gasteiger partial charge >= 0.3 is 0 Å². The lowest BCUT2D eigenvalue weighted by Crippen LogP contribution is -2.43. The van der Waals surface area contributed by atoms with E-state index in [1.807, 2.05) is 0 Å². The van der Waals surface area contributed by atoms with Gasteiger partial charge < -0.3 is 0 Å². The SMILES string of the molecule is CN(C1CCCCC1)S(=O)(=O)C1CCS(=O)(=O)C1. The van der Waals surface area contributed by atoms with Crippen LogP contribution in [0.25, 0.3) is 0 Å². The molecule has 0 aromatic carbocycles. The van der Waals surface area contributed by atoms with E-state index >= 15 is 0 Å². The first-order valence-electron chi connectivity index (χ1n) is 6.50. The van der Waals surface area contributed by atoms with E-state index in [1.165, 1.54) is 10.7 Å². The highest BCUT2D eigenvalue weighted by atomic mass is 32.2. The maximum Gasteiger partial charge on any atom is 0.218 e. The summed E-state index contributed by atoms with van der Waals surface area (Å²) in [6, 6.07) is 0.0621. The molecule has 1 saturated heterocycles. The predicted molar refractivity (Wildman–Crippen MR) is 70.6 cm³/mol. The number of rotatable bonds is 3. The van der Waals surface area contributed by atoms with E-state index in [9.17, 15) is 16.8 Å². The van der Waals surface area contributed by atoms with Crippen LogP contribution in [-0.2, 0) is 19.9 Å². The van der Waals surface area contributed by atoms with Gasteiger partial charge in [-0.1, -0.05) is 19.3 Å². The molecule has 0 amide bonds. The fourth-order valence-corrected chi connectivity index (χ4v) is 7.40. The average Bonchev–Trinajstić information content (AvgIpc) is 2.70. The Bertz CT molecular complexity index is 491. The molecule has 1 aliphatic carbocycles. The Morgan fingerprint density at radius 2 is 1.67 bits per heavy atom. The Balaban J connectivity index is 2.10. The molecule has 18 heavy (non-hydrogen) atoms. The fraction of sp³-hybridized carbons (Fsp3) is 1.00. The van der Waals surface area contributed by atoms with Crippen molar-refractivity contribution in [2.75, 3.05) is 18.6 Å². The van der Waals surface area contributed by atoms with Crippen molar-refractivity contribution in [3.8, 4) is 0 Å². The third-order valence-electron chi connectivity index (χ3n) is 4.10. The zero-order valence-corrected chi connectivity index (χ0v) is 12.3. The minimum atomic E-state index is -3.46. The molecule has 0 radical (unpaired) electrons. The maximum absolute atomic E-state index is 12.4. The standard InChI is InChI=1S/C11H21NO4S2/c1-12(10-5-3-2-4-6-10)18(15,16)11-7-8-17(13,14)9-11/h10-11H,2-9H2,1H3. The van der Waals surface area contributed by atoms with Crippen LogP contribution in [0.15, 0.2) is 0 Å². The normalized spacial score (nSPS) is 29.8. The molecule has 5 nitrogen and oxygen atoms in total. The van der Waals surface area contributed by atoms with Crippen molar-refractivity contribution in [3.05, 3.63) is 0 Å². The summed E-state index contributed by atoms with van der Waals surface area (Å²) < 4.78 is 49.0. The highest BCUT2D eigenvalue weighted by molar-refractivity contribution is 7.95. The van der Waals surface area contributed by atoms with Crippen LogP contribution in [0.3, 0.4) is 0 Å². The van der Waals surface area contributed by atoms with Gasteiger partial charge in [0.15, 0.2) is 9.84 Å². The van der Waals surface area contributed by atoms with Crippen molar-refractivity contribution in [3.63, 3.8) is 0 Å². The van der Waals surface area contributed by atoms with Gasteiger partial charge in [0.05, 0.1) is 16.8 Å². The van der Waals surface area contributed by atoms with Crippen LogP contribution in [-0.4, -0.2) is 51.0 Å². The second-order valence-electron chi connectivity index (χ2n) is 5.38. The van der Waals surface area contributed by atoms with Crippen LogP contribution in [0.5, 0.6) is 0 Å². The molecule has 2 aliphatic rings. The van der Waals surface area contributed by atoms with Crippen LogP contribution in [0, 0.1) is 0 Å². The first kappa shape index (κ1) is 14.3. The first-order chi connectivity index (χ1) is 8.33. The average molecular weight is 295 g/mol. The molecule has 0 aromatic rings. The van der Waals surface area contributed by atoms with E-state index in [-0.39, 0.29) is 24.0 Å². The first-order valence-corrected chi connectivity index (χ1v) is 9.83. The molecule has 106 valence electrons. The molecule has 1 unspecified atom stereocenters. The quantitative estimate of drug-likeness (QED) is 0.771. The van der Waals surface area contributed by atoms with Crippen LogP contribution < -0.4 is 0 Å². The fourth-order valence-electron chi connectivity index (χ4n) is 2.88. The summed E-state index contributed by atoms with van der Waals surface area (Å²) in [5.74, 6) is -0.193. The van der Waals surface area contributed by atoms with Gasteiger partial charge in [-0.15, -0.1) is 0 Å². The van der Waals surface area contributed by atoms with E-state index in [0.29, 0.717) is 0 Å². The number of hydrogen-bond acceptors (Lipinski definition) is 4. The summed E-state index contributed by atoms with van der Waals surface area (Å²) in [5.41, 5.74) is 0. The van der Waals surface area contributed by atoms with E-state index in [1.54, 1.807) is 7.05 Å². The predicted octanol–water partition coefficient (Wildman–Crippen LogP) is 0.768. The van der Waals surface area contributed by atoms with Gasteiger partial charge in [-0.05, 0) is 19.3 Å². The molecular weight excluding hydrogens is 274 g/mol. The summed E-state index contributed by atoms with van der Waals surface area (Å²) in [4.78, 5) is 0. The van der Waals surface area contributed by atoms with Gasteiger partial charge in [0.25, 0.3) is 0 Å². The number of nitrogens with zero attached hydrogens (tertiary/aromatic N) is 1. The highest BCUT2D eigenvalue weighted by Crippen LogP contribution is 2.28. The Kier molecular flexibility index (Phi) is 4.04. The van der Waals surface area contributed by atoms with Gasteiger partial charge in [-0.3, -0.25) is 0 Å². The molecular formula is C11H21NO4S2. The Labute approximate surface area is 110 Å². The summed E-state index contributed by atoms with van der Waals surface area (Å²) in [7, 11) is -5.00. The largest absolute Gasteiger partial charge is 0.229 e. The molecule has 0 N–H and O–H groups in total. The minimum absolute atomic E-state index is 0.00933. The molecule has 0 spiro atoms. The number of sulfone groups is 1. The smallest absolute Gasteiger partial charge is 0.218 e. The lowest BCUT2D eigenvalue weighted by Gasteiger charge is -2.32. The molecule has 1 saturated carbocycles. The minimum Gasteiger partial charge on any atom is -0.229 e. The van der Waals surface area contributed by atoms with Gasteiger partial charge in [0, 0.05) is 13.1 Å². The van der Waals surface area contributed by atoms with Crippen molar-refractivity contribution in [1.29, 1.82) is 0 Å². The third kappa shape index (κ3) is 2.88. The van der Waals surface area contributed by atoms with Gasteiger partial charge in [-0.25, -0.2) is 21.1 Å². The topological polar surface area (TPSA) is 71.5 Å². The summed E-state index contributed by atoms with van der Waals surface area (Å²) >= 11 is 0. The Morgan fingerprint density at radius 1 is 1.06 bits per heavy atom. The lowest BCUT2D eigenvalue weighted by atomic mass is 9.96. The van der Waals surface area contributed by atoms with E-state index in [2.05, 4.69) is 0 Å². The van der Waals surface area contributed by atoms with E-state index in [0.717, 1.165) is 25.7 Å². The van der Waals surface area contributed by atoms with Crippen LogP contribution in [0.2, 0.25) is 0 Å². The number of hydrogen-bond donors (Lipinski definition) is 0. The Hall–Kier alpha value is -0.140. The molecule has 1 aliphatic heterocycles. The van der Waals surface area contributed by atoms with E-state index < -0.39 is 25.1 Å². The summed E-state index contributed by atoms with van der Waals surface area (Å²) in [5, 5.41) is -0.727. The van der Waals surface area contributed by atoms with Crippen LogP contribution in [0.1, 0.15) is 38.5 Å². The van der Waals surface area contributed by atoms with Crippen molar-refractivity contribution in [1.82, 2.24) is 4.31 Å². The van der Waals surface area contributed by atoms with Crippen LogP contribution in [0.4, 0.5) is 0 Å². The zero-order valence-electron chi connectivity index (χ0n) is 10.7. The van der Waals surface area contributed by atoms with Gasteiger partial charge in [0.1, 0.15) is 0 Å². The van der Waals surface area contributed by atoms with Crippen molar-refractivity contribution >= 4 is 19.9 Å². The maximum atomic E-state index is 12.4. The van der Waals surface area contributed by atoms with Gasteiger partial charge in [0.2, 0.25) is 10.0 Å². The van der Waals surface area contributed by atoms with Crippen LogP contribution >= 0.6 is 0 Å². The molecule has 0 aromatic heterocycles. The number of sulfonamides is 1. The molecule has 0 bridgehead atoms. The highest BCUT2D eigenvalue weighted by Gasteiger charge is 2.41. The second kappa shape index (κ2) is 5.09. The van der Waals surface area contributed by atoms with E-state index in [4.69, 9.17) is 0 Å².